The van der Waals surface area contributed by atoms with E-state index in [9.17, 15) is 0 Å². The van der Waals surface area contributed by atoms with Gasteiger partial charge in [0.1, 0.15) is 5.84 Å². The number of para-hydroxylation sites is 2. The van der Waals surface area contributed by atoms with Crippen molar-refractivity contribution in [1.82, 2.24) is 0 Å². The van der Waals surface area contributed by atoms with Gasteiger partial charge in [-0.05, 0) is 24.3 Å². The number of nitrogens with one attached hydrogen (secondary N) is 1. The van der Waals surface area contributed by atoms with Gasteiger partial charge in [0.2, 0.25) is 0 Å². The van der Waals surface area contributed by atoms with Gasteiger partial charge in [-0.3, -0.25) is 0 Å². The van der Waals surface area contributed by atoms with E-state index in [-0.39, 0.29) is 0 Å². The predicted octanol–water partition coefficient (Wildman–Crippen LogP) is 5.94. The number of hydrogen-bond acceptors (Lipinski definition) is 2. The minimum absolute atomic E-state index is 0.593. The van der Waals surface area contributed by atoms with Crippen LogP contribution >= 0.6 is 23.2 Å². The molecule has 0 spiro atoms. The molecular formula is C20H13Cl2N3. The van der Waals surface area contributed by atoms with Crippen LogP contribution in [-0.4, -0.2) is 11.7 Å². The fourth-order valence-electron chi connectivity index (χ4n) is 2.64. The minimum Gasteiger partial charge on any atom is -0.338 e. The summed E-state index contributed by atoms with van der Waals surface area (Å²) in [6, 6.07) is 23.0. The summed E-state index contributed by atoms with van der Waals surface area (Å²) in [4.78, 5) is 9.30. The average Bonchev–Trinajstić information content (AvgIpc) is 2.97. The molecule has 1 aliphatic rings. The zero-order valence-electron chi connectivity index (χ0n) is 13.1. The van der Waals surface area contributed by atoms with Crippen LogP contribution in [0.2, 0.25) is 10.0 Å². The number of halogens is 2. The Hall–Kier alpha value is -2.62. The van der Waals surface area contributed by atoms with Crippen molar-refractivity contribution in [3.05, 3.63) is 94.0 Å². The van der Waals surface area contributed by atoms with E-state index in [4.69, 9.17) is 23.2 Å². The number of fused-ring (bicyclic) bond motifs is 1. The molecule has 1 heterocycles. The third-order valence-corrected chi connectivity index (χ3v) is 4.50. The van der Waals surface area contributed by atoms with Crippen LogP contribution in [0.1, 0.15) is 11.1 Å². The highest BCUT2D eigenvalue weighted by molar-refractivity contribution is 6.35. The topological polar surface area (TPSA) is 36.8 Å². The number of rotatable bonds is 2. The second-order valence-corrected chi connectivity index (χ2v) is 6.31. The van der Waals surface area contributed by atoms with Crippen LogP contribution in [0, 0.1) is 0 Å². The molecule has 0 saturated heterocycles. The first-order chi connectivity index (χ1) is 12.2. The minimum atomic E-state index is 0.593. The number of hydrogen-bond donors (Lipinski definition) is 1. The summed E-state index contributed by atoms with van der Waals surface area (Å²) in [7, 11) is 0. The van der Waals surface area contributed by atoms with Crippen molar-refractivity contribution in [2.45, 2.75) is 0 Å². The van der Waals surface area contributed by atoms with Gasteiger partial charge in [0.05, 0.1) is 21.4 Å². The van der Waals surface area contributed by atoms with Gasteiger partial charge >= 0.3 is 0 Å². The van der Waals surface area contributed by atoms with E-state index in [1.807, 2.05) is 72.8 Å². The standard InChI is InChI=1S/C20H13Cl2N3/c21-15-9-3-5-11-17(15)23-19-13-7-1-2-8-14(13)20(25-19)24-18-12-6-4-10-16(18)22/h1-12H,(H,23,24,25). The molecule has 122 valence electrons. The van der Waals surface area contributed by atoms with Gasteiger partial charge in [0, 0.05) is 11.1 Å². The lowest BCUT2D eigenvalue weighted by Gasteiger charge is -2.08. The summed E-state index contributed by atoms with van der Waals surface area (Å²) < 4.78 is 0. The smallest absolute Gasteiger partial charge is 0.162 e. The maximum Gasteiger partial charge on any atom is 0.162 e. The molecule has 1 N–H and O–H groups in total. The van der Waals surface area contributed by atoms with Gasteiger partial charge in [-0.15, -0.1) is 0 Å². The van der Waals surface area contributed by atoms with Crippen LogP contribution in [0.15, 0.2) is 82.8 Å². The van der Waals surface area contributed by atoms with Crippen LogP contribution in [0.5, 0.6) is 0 Å². The van der Waals surface area contributed by atoms with Gasteiger partial charge in [-0.1, -0.05) is 71.7 Å². The molecular weight excluding hydrogens is 353 g/mol. The van der Waals surface area contributed by atoms with E-state index >= 15 is 0 Å². The van der Waals surface area contributed by atoms with Crippen molar-refractivity contribution in [3.8, 4) is 0 Å². The summed E-state index contributed by atoms with van der Waals surface area (Å²) in [6.45, 7) is 0. The molecule has 0 bridgehead atoms. The van der Waals surface area contributed by atoms with Crippen molar-refractivity contribution >= 4 is 46.2 Å². The van der Waals surface area contributed by atoms with Gasteiger partial charge in [-0.2, -0.15) is 0 Å². The Morgan fingerprint density at radius 3 is 2.12 bits per heavy atom. The Labute approximate surface area is 155 Å². The Balaban J connectivity index is 1.78. The quantitative estimate of drug-likeness (QED) is 0.598. The van der Waals surface area contributed by atoms with Gasteiger partial charge < -0.3 is 5.32 Å². The lowest BCUT2D eigenvalue weighted by atomic mass is 10.1. The molecule has 0 atom stereocenters. The molecule has 1 aliphatic heterocycles. The Kier molecular flexibility index (Phi) is 4.26. The fraction of sp³-hybridized carbons (Fsp3) is 0. The van der Waals surface area contributed by atoms with Crippen LogP contribution < -0.4 is 5.32 Å². The van der Waals surface area contributed by atoms with E-state index in [2.05, 4.69) is 15.3 Å². The molecule has 0 radical (unpaired) electrons. The first-order valence-corrected chi connectivity index (χ1v) is 8.51. The lowest BCUT2D eigenvalue weighted by molar-refractivity contribution is 1.47. The summed E-state index contributed by atoms with van der Waals surface area (Å²) >= 11 is 12.5. The summed E-state index contributed by atoms with van der Waals surface area (Å²) in [5.74, 6) is 1.34. The molecule has 5 heteroatoms. The fourth-order valence-corrected chi connectivity index (χ4v) is 3.00. The molecule has 3 aromatic rings. The SMILES string of the molecule is Clc1ccccc1N=C1N=C(Nc2ccccc2Cl)c2ccccc21. The second-order valence-electron chi connectivity index (χ2n) is 5.50. The van der Waals surface area contributed by atoms with Gasteiger partial charge in [0.15, 0.2) is 5.84 Å². The molecule has 0 aliphatic carbocycles. The number of amidine groups is 2. The molecule has 0 aromatic heterocycles. The number of aliphatic imine (C=N–C) groups is 2. The molecule has 25 heavy (non-hydrogen) atoms. The summed E-state index contributed by atoms with van der Waals surface area (Å²) in [5.41, 5.74) is 3.43. The molecule has 3 aromatic carbocycles. The second kappa shape index (κ2) is 6.71. The van der Waals surface area contributed by atoms with E-state index in [0.29, 0.717) is 21.6 Å². The zero-order chi connectivity index (χ0) is 17.2. The van der Waals surface area contributed by atoms with Crippen molar-refractivity contribution in [1.29, 1.82) is 0 Å². The molecule has 0 unspecified atom stereocenters. The zero-order valence-corrected chi connectivity index (χ0v) is 14.6. The van der Waals surface area contributed by atoms with Crippen LogP contribution in [0.25, 0.3) is 0 Å². The Morgan fingerprint density at radius 1 is 0.720 bits per heavy atom. The largest absolute Gasteiger partial charge is 0.338 e. The van der Waals surface area contributed by atoms with E-state index < -0.39 is 0 Å². The summed E-state index contributed by atoms with van der Waals surface area (Å²) in [6.07, 6.45) is 0. The van der Waals surface area contributed by atoms with E-state index in [0.717, 1.165) is 22.6 Å². The number of benzene rings is 3. The maximum atomic E-state index is 6.25. The first kappa shape index (κ1) is 15.9. The molecule has 0 amide bonds. The predicted molar refractivity (Wildman–Crippen MR) is 106 cm³/mol. The summed E-state index contributed by atoms with van der Waals surface area (Å²) in [5, 5.41) is 4.53. The van der Waals surface area contributed by atoms with Crippen molar-refractivity contribution < 1.29 is 0 Å². The lowest BCUT2D eigenvalue weighted by Crippen LogP contribution is -2.11. The molecule has 0 fully saturated rings. The van der Waals surface area contributed by atoms with Crippen molar-refractivity contribution in [2.75, 3.05) is 5.32 Å². The Morgan fingerprint density at radius 2 is 1.36 bits per heavy atom. The highest BCUT2D eigenvalue weighted by Crippen LogP contribution is 2.29. The highest BCUT2D eigenvalue weighted by Gasteiger charge is 2.22. The third kappa shape index (κ3) is 3.16. The van der Waals surface area contributed by atoms with Gasteiger partial charge in [0.25, 0.3) is 0 Å². The van der Waals surface area contributed by atoms with E-state index in [1.165, 1.54) is 0 Å². The maximum absolute atomic E-state index is 6.25. The number of anilines is 1. The average molecular weight is 366 g/mol. The molecule has 0 saturated carbocycles. The molecule has 3 nitrogen and oxygen atoms in total. The van der Waals surface area contributed by atoms with Crippen molar-refractivity contribution in [3.63, 3.8) is 0 Å². The van der Waals surface area contributed by atoms with Crippen molar-refractivity contribution in [2.24, 2.45) is 9.98 Å². The van der Waals surface area contributed by atoms with Crippen LogP contribution in [0.3, 0.4) is 0 Å². The number of nitrogens with zero attached hydrogens (tertiary/aromatic N) is 2. The highest BCUT2D eigenvalue weighted by atomic mass is 35.5. The normalized spacial score (nSPS) is 14.3. The van der Waals surface area contributed by atoms with Crippen LogP contribution in [0.4, 0.5) is 11.4 Å². The monoisotopic (exact) mass is 365 g/mol. The third-order valence-electron chi connectivity index (χ3n) is 3.85. The van der Waals surface area contributed by atoms with Gasteiger partial charge in [-0.25, -0.2) is 9.98 Å². The first-order valence-electron chi connectivity index (χ1n) is 7.75. The Bertz CT molecular complexity index is 1010. The molecule has 4 rings (SSSR count). The van der Waals surface area contributed by atoms with E-state index in [1.54, 1.807) is 0 Å². The van der Waals surface area contributed by atoms with Crippen LogP contribution in [-0.2, 0) is 0 Å².